The standard InChI is InChI=1S/C8H9ClN2O2/c1-2-3-6-5(7(12)13)4-10-8(9)11-6/h4H,2-3H2,1H3,(H,12,13). The van der Waals surface area contributed by atoms with E-state index in [4.69, 9.17) is 16.7 Å². The number of aryl methyl sites for hydroxylation is 1. The molecule has 0 aliphatic carbocycles. The molecule has 0 atom stereocenters. The van der Waals surface area contributed by atoms with Crippen molar-refractivity contribution in [1.82, 2.24) is 9.97 Å². The van der Waals surface area contributed by atoms with Gasteiger partial charge in [0, 0.05) is 6.20 Å². The Morgan fingerprint density at radius 1 is 1.69 bits per heavy atom. The van der Waals surface area contributed by atoms with Crippen molar-refractivity contribution in [2.45, 2.75) is 19.8 Å². The number of halogens is 1. The van der Waals surface area contributed by atoms with Crippen molar-refractivity contribution >= 4 is 17.6 Å². The molecule has 0 spiro atoms. The van der Waals surface area contributed by atoms with Gasteiger partial charge < -0.3 is 5.11 Å². The Kier molecular flexibility index (Phi) is 3.19. The Hall–Kier alpha value is -1.16. The predicted molar refractivity (Wildman–Crippen MR) is 48.0 cm³/mol. The van der Waals surface area contributed by atoms with E-state index in [1.165, 1.54) is 6.20 Å². The van der Waals surface area contributed by atoms with Crippen LogP contribution in [0.2, 0.25) is 5.28 Å². The van der Waals surface area contributed by atoms with Crippen LogP contribution < -0.4 is 0 Å². The van der Waals surface area contributed by atoms with Crippen LogP contribution in [-0.2, 0) is 6.42 Å². The van der Waals surface area contributed by atoms with Gasteiger partial charge in [-0.25, -0.2) is 14.8 Å². The van der Waals surface area contributed by atoms with E-state index in [1.54, 1.807) is 0 Å². The molecule has 0 aromatic carbocycles. The molecule has 0 aliphatic heterocycles. The summed E-state index contributed by atoms with van der Waals surface area (Å²) in [4.78, 5) is 18.2. The summed E-state index contributed by atoms with van der Waals surface area (Å²) in [6, 6.07) is 0. The lowest BCUT2D eigenvalue weighted by molar-refractivity contribution is 0.0694. The molecule has 4 nitrogen and oxygen atoms in total. The molecule has 5 heteroatoms. The smallest absolute Gasteiger partial charge is 0.339 e. The van der Waals surface area contributed by atoms with Gasteiger partial charge in [0.2, 0.25) is 5.28 Å². The number of carboxylic acid groups (broad SMARTS) is 1. The van der Waals surface area contributed by atoms with E-state index in [1.807, 2.05) is 6.92 Å². The maximum atomic E-state index is 10.7. The molecule has 0 aliphatic rings. The van der Waals surface area contributed by atoms with Crippen molar-refractivity contribution in [2.75, 3.05) is 0 Å². The van der Waals surface area contributed by atoms with Crippen molar-refractivity contribution in [3.8, 4) is 0 Å². The third-order valence-corrected chi connectivity index (χ3v) is 1.74. The molecule has 0 amide bonds. The van der Waals surface area contributed by atoms with Gasteiger partial charge in [0.25, 0.3) is 0 Å². The molecule has 1 heterocycles. The van der Waals surface area contributed by atoms with Crippen LogP contribution in [0.15, 0.2) is 6.20 Å². The number of aromatic carboxylic acids is 1. The summed E-state index contributed by atoms with van der Waals surface area (Å²) in [6.07, 6.45) is 2.67. The summed E-state index contributed by atoms with van der Waals surface area (Å²) in [6.45, 7) is 1.95. The van der Waals surface area contributed by atoms with Crippen LogP contribution in [0.4, 0.5) is 0 Å². The van der Waals surface area contributed by atoms with Gasteiger partial charge in [-0.3, -0.25) is 0 Å². The molecular weight excluding hydrogens is 192 g/mol. The molecule has 70 valence electrons. The fourth-order valence-corrected chi connectivity index (χ4v) is 1.15. The van der Waals surface area contributed by atoms with Gasteiger partial charge in [-0.2, -0.15) is 0 Å². The minimum Gasteiger partial charge on any atom is -0.478 e. The van der Waals surface area contributed by atoms with Crippen LogP contribution in [0.1, 0.15) is 29.4 Å². The number of aromatic nitrogens is 2. The van der Waals surface area contributed by atoms with E-state index in [0.717, 1.165) is 6.42 Å². The van der Waals surface area contributed by atoms with E-state index in [2.05, 4.69) is 9.97 Å². The maximum absolute atomic E-state index is 10.7. The first-order valence-electron chi connectivity index (χ1n) is 3.90. The molecule has 1 aromatic rings. The Morgan fingerprint density at radius 3 is 2.92 bits per heavy atom. The third-order valence-electron chi connectivity index (χ3n) is 1.56. The average Bonchev–Trinajstić information content (AvgIpc) is 2.04. The van der Waals surface area contributed by atoms with Gasteiger partial charge in [-0.05, 0) is 18.0 Å². The number of hydrogen-bond donors (Lipinski definition) is 1. The highest BCUT2D eigenvalue weighted by atomic mass is 35.5. The summed E-state index contributed by atoms with van der Waals surface area (Å²) < 4.78 is 0. The SMILES string of the molecule is CCCc1nc(Cl)ncc1C(=O)O. The second-order valence-electron chi connectivity index (χ2n) is 2.55. The van der Waals surface area contributed by atoms with Crippen molar-refractivity contribution < 1.29 is 9.90 Å². The van der Waals surface area contributed by atoms with Gasteiger partial charge in [0.1, 0.15) is 0 Å². The van der Waals surface area contributed by atoms with Crippen LogP contribution in [0.25, 0.3) is 0 Å². The fourth-order valence-electron chi connectivity index (χ4n) is 0.999. The molecule has 0 radical (unpaired) electrons. The first-order chi connectivity index (χ1) is 6.15. The second-order valence-corrected chi connectivity index (χ2v) is 2.89. The lowest BCUT2D eigenvalue weighted by Crippen LogP contribution is -2.06. The van der Waals surface area contributed by atoms with Crippen molar-refractivity contribution in [2.24, 2.45) is 0 Å². The first kappa shape index (κ1) is 9.92. The Balaban J connectivity index is 3.10. The summed E-state index contributed by atoms with van der Waals surface area (Å²) >= 11 is 5.54. The highest BCUT2D eigenvalue weighted by Crippen LogP contribution is 2.10. The number of nitrogens with zero attached hydrogens (tertiary/aromatic N) is 2. The molecule has 0 saturated carbocycles. The molecule has 0 unspecified atom stereocenters. The lowest BCUT2D eigenvalue weighted by Gasteiger charge is -2.02. The minimum atomic E-state index is -1.01. The summed E-state index contributed by atoms with van der Waals surface area (Å²) in [5.41, 5.74) is 0.626. The van der Waals surface area contributed by atoms with Gasteiger partial charge >= 0.3 is 5.97 Å². The van der Waals surface area contributed by atoms with Crippen molar-refractivity contribution in [1.29, 1.82) is 0 Å². The number of carbonyl (C=O) groups is 1. The zero-order valence-electron chi connectivity index (χ0n) is 7.12. The maximum Gasteiger partial charge on any atom is 0.339 e. The fraction of sp³-hybridized carbons (Fsp3) is 0.375. The molecule has 13 heavy (non-hydrogen) atoms. The molecule has 1 aromatic heterocycles. The molecule has 0 saturated heterocycles. The zero-order chi connectivity index (χ0) is 9.84. The van der Waals surface area contributed by atoms with E-state index in [-0.39, 0.29) is 10.8 Å². The first-order valence-corrected chi connectivity index (χ1v) is 4.27. The summed E-state index contributed by atoms with van der Waals surface area (Å²) in [5.74, 6) is -1.01. The zero-order valence-corrected chi connectivity index (χ0v) is 7.88. The number of rotatable bonds is 3. The van der Waals surface area contributed by atoms with E-state index in [0.29, 0.717) is 12.1 Å². The molecule has 0 bridgehead atoms. The van der Waals surface area contributed by atoms with Crippen molar-refractivity contribution in [3.63, 3.8) is 0 Å². The average molecular weight is 201 g/mol. The van der Waals surface area contributed by atoms with Crippen LogP contribution in [0.3, 0.4) is 0 Å². The molecule has 1 rings (SSSR count). The largest absolute Gasteiger partial charge is 0.478 e. The van der Waals surface area contributed by atoms with Gasteiger partial charge in [-0.15, -0.1) is 0 Å². The normalized spacial score (nSPS) is 10.0. The summed E-state index contributed by atoms with van der Waals surface area (Å²) in [5, 5.41) is 8.85. The predicted octanol–water partition coefficient (Wildman–Crippen LogP) is 1.78. The van der Waals surface area contributed by atoms with Crippen molar-refractivity contribution in [3.05, 3.63) is 22.7 Å². The molecule has 1 N–H and O–H groups in total. The van der Waals surface area contributed by atoms with Gasteiger partial charge in [0.15, 0.2) is 0 Å². The minimum absolute atomic E-state index is 0.0912. The third kappa shape index (κ3) is 2.39. The molecule has 0 fully saturated rings. The van der Waals surface area contributed by atoms with Gasteiger partial charge in [-0.1, -0.05) is 13.3 Å². The van der Waals surface area contributed by atoms with Crippen LogP contribution in [0, 0.1) is 0 Å². The Labute approximate surface area is 80.6 Å². The highest BCUT2D eigenvalue weighted by Gasteiger charge is 2.11. The highest BCUT2D eigenvalue weighted by molar-refractivity contribution is 6.28. The van der Waals surface area contributed by atoms with E-state index < -0.39 is 5.97 Å². The van der Waals surface area contributed by atoms with E-state index >= 15 is 0 Å². The van der Waals surface area contributed by atoms with Crippen LogP contribution in [0.5, 0.6) is 0 Å². The Bertz CT molecular complexity index is 328. The topological polar surface area (TPSA) is 63.1 Å². The Morgan fingerprint density at radius 2 is 2.38 bits per heavy atom. The summed E-state index contributed by atoms with van der Waals surface area (Å²) in [7, 11) is 0. The quantitative estimate of drug-likeness (QED) is 0.756. The van der Waals surface area contributed by atoms with E-state index in [9.17, 15) is 4.79 Å². The lowest BCUT2D eigenvalue weighted by atomic mass is 10.1. The number of carboxylic acids is 1. The molecular formula is C8H9ClN2O2. The number of hydrogen-bond acceptors (Lipinski definition) is 3. The van der Waals surface area contributed by atoms with Crippen LogP contribution in [-0.4, -0.2) is 21.0 Å². The monoisotopic (exact) mass is 200 g/mol. The second kappa shape index (κ2) is 4.18. The van der Waals surface area contributed by atoms with Gasteiger partial charge in [0.05, 0.1) is 11.3 Å². The van der Waals surface area contributed by atoms with Crippen LogP contribution >= 0.6 is 11.6 Å².